The minimum absolute atomic E-state index is 0.0943. The molecular weight excluding hydrogens is 224 g/mol. The van der Waals surface area contributed by atoms with E-state index in [9.17, 15) is 5.11 Å². The highest BCUT2D eigenvalue weighted by Gasteiger charge is 2.40. The van der Waals surface area contributed by atoms with E-state index in [1.807, 2.05) is 0 Å². The summed E-state index contributed by atoms with van der Waals surface area (Å²) in [5.41, 5.74) is 9.53. The Morgan fingerprint density at radius 1 is 1.28 bits per heavy atom. The number of aryl methyl sites for hydroxylation is 1. The molecule has 2 aliphatic heterocycles. The van der Waals surface area contributed by atoms with Crippen LogP contribution in [0.1, 0.15) is 36.8 Å². The molecule has 0 aliphatic carbocycles. The van der Waals surface area contributed by atoms with Gasteiger partial charge in [-0.3, -0.25) is 0 Å². The Balaban J connectivity index is 1.89. The van der Waals surface area contributed by atoms with Crippen LogP contribution >= 0.6 is 0 Å². The number of fused-ring (bicyclic) bond motifs is 2. The van der Waals surface area contributed by atoms with E-state index in [1.165, 1.54) is 29.7 Å². The summed E-state index contributed by atoms with van der Waals surface area (Å²) in [6, 6.07) is 7.65. The Labute approximate surface area is 109 Å². The fraction of sp³-hybridized carbons (Fsp3) is 0.600. The first-order valence-corrected chi connectivity index (χ1v) is 6.95. The normalized spacial score (nSPS) is 30.8. The van der Waals surface area contributed by atoms with E-state index in [2.05, 4.69) is 30.0 Å². The molecule has 2 bridgehead atoms. The zero-order valence-corrected chi connectivity index (χ0v) is 11.0. The highest BCUT2D eigenvalue weighted by Crippen LogP contribution is 2.39. The van der Waals surface area contributed by atoms with Gasteiger partial charge in [-0.15, -0.1) is 0 Å². The van der Waals surface area contributed by atoms with Gasteiger partial charge in [0.2, 0.25) is 0 Å². The van der Waals surface area contributed by atoms with Crippen LogP contribution in [0.15, 0.2) is 18.2 Å². The van der Waals surface area contributed by atoms with Gasteiger partial charge in [-0.1, -0.05) is 6.07 Å². The molecular formula is C15H22N2O. The van der Waals surface area contributed by atoms with E-state index >= 15 is 0 Å². The third-order valence-corrected chi connectivity index (χ3v) is 4.55. The van der Waals surface area contributed by atoms with Crippen LogP contribution in [0, 0.1) is 6.92 Å². The van der Waals surface area contributed by atoms with E-state index in [-0.39, 0.29) is 6.10 Å². The number of nitrogens with two attached hydrogens (primary N) is 1. The second kappa shape index (κ2) is 4.56. The molecule has 0 radical (unpaired) electrons. The molecule has 3 nitrogen and oxygen atoms in total. The molecule has 0 amide bonds. The maximum absolute atomic E-state index is 9.85. The molecule has 18 heavy (non-hydrogen) atoms. The molecule has 2 unspecified atom stereocenters. The lowest BCUT2D eigenvalue weighted by molar-refractivity contribution is 0.126. The molecule has 98 valence electrons. The Bertz CT molecular complexity index is 432. The van der Waals surface area contributed by atoms with Gasteiger partial charge >= 0.3 is 0 Å². The summed E-state index contributed by atoms with van der Waals surface area (Å²) < 4.78 is 0. The third kappa shape index (κ3) is 1.91. The lowest BCUT2D eigenvalue weighted by Gasteiger charge is -2.39. The van der Waals surface area contributed by atoms with E-state index in [0.29, 0.717) is 18.6 Å². The molecule has 2 aliphatic rings. The van der Waals surface area contributed by atoms with Crippen LogP contribution in [0.5, 0.6) is 0 Å². The van der Waals surface area contributed by atoms with Gasteiger partial charge in [-0.05, 0) is 55.9 Å². The van der Waals surface area contributed by atoms with Crippen LogP contribution in [0.3, 0.4) is 0 Å². The SMILES string of the molecule is Cc1cc(N2C3CCC2CC(O)C3)ccc1CN. The minimum atomic E-state index is -0.0943. The van der Waals surface area contributed by atoms with Crippen molar-refractivity contribution in [2.45, 2.75) is 57.3 Å². The van der Waals surface area contributed by atoms with Gasteiger partial charge in [0.05, 0.1) is 6.10 Å². The number of aliphatic hydroxyl groups excluding tert-OH is 1. The summed E-state index contributed by atoms with van der Waals surface area (Å²) >= 11 is 0. The minimum Gasteiger partial charge on any atom is -0.393 e. The van der Waals surface area contributed by atoms with Crippen LogP contribution in [-0.2, 0) is 6.54 Å². The van der Waals surface area contributed by atoms with Crippen molar-refractivity contribution < 1.29 is 5.11 Å². The van der Waals surface area contributed by atoms with Gasteiger partial charge in [0, 0.05) is 24.3 Å². The molecule has 0 aromatic heterocycles. The lowest BCUT2D eigenvalue weighted by Crippen LogP contribution is -2.44. The summed E-state index contributed by atoms with van der Waals surface area (Å²) in [4.78, 5) is 2.53. The number of aliphatic hydroxyl groups is 1. The molecule has 2 heterocycles. The molecule has 1 aromatic rings. The maximum Gasteiger partial charge on any atom is 0.0579 e. The Kier molecular flexibility index (Phi) is 3.04. The van der Waals surface area contributed by atoms with Crippen molar-refractivity contribution in [3.05, 3.63) is 29.3 Å². The molecule has 3 N–H and O–H groups in total. The highest BCUT2D eigenvalue weighted by molar-refractivity contribution is 5.54. The van der Waals surface area contributed by atoms with Crippen molar-refractivity contribution in [1.29, 1.82) is 0 Å². The lowest BCUT2D eigenvalue weighted by atomic mass is 9.98. The van der Waals surface area contributed by atoms with Gasteiger partial charge < -0.3 is 15.7 Å². The first-order chi connectivity index (χ1) is 8.69. The van der Waals surface area contributed by atoms with Gasteiger partial charge in [0.1, 0.15) is 0 Å². The van der Waals surface area contributed by atoms with Crippen molar-refractivity contribution in [3.8, 4) is 0 Å². The van der Waals surface area contributed by atoms with Gasteiger partial charge in [-0.2, -0.15) is 0 Å². The number of piperidine rings is 1. The molecule has 3 heteroatoms. The topological polar surface area (TPSA) is 49.5 Å². The highest BCUT2D eigenvalue weighted by atomic mass is 16.3. The van der Waals surface area contributed by atoms with Crippen molar-refractivity contribution in [3.63, 3.8) is 0 Å². The van der Waals surface area contributed by atoms with E-state index in [4.69, 9.17) is 5.73 Å². The van der Waals surface area contributed by atoms with Crippen molar-refractivity contribution in [2.75, 3.05) is 4.90 Å². The van der Waals surface area contributed by atoms with E-state index < -0.39 is 0 Å². The quantitative estimate of drug-likeness (QED) is 0.838. The van der Waals surface area contributed by atoms with Gasteiger partial charge in [0.15, 0.2) is 0 Å². The second-order valence-corrected chi connectivity index (χ2v) is 5.73. The summed E-state index contributed by atoms with van der Waals surface area (Å²) in [6.45, 7) is 2.74. The Morgan fingerprint density at radius 2 is 1.94 bits per heavy atom. The molecule has 0 saturated carbocycles. The van der Waals surface area contributed by atoms with Crippen LogP contribution < -0.4 is 10.6 Å². The van der Waals surface area contributed by atoms with Gasteiger partial charge in [-0.25, -0.2) is 0 Å². The fourth-order valence-electron chi connectivity index (χ4n) is 3.64. The number of anilines is 1. The van der Waals surface area contributed by atoms with E-state index in [0.717, 1.165) is 12.8 Å². The van der Waals surface area contributed by atoms with Crippen LogP contribution in [0.4, 0.5) is 5.69 Å². The summed E-state index contributed by atoms with van der Waals surface area (Å²) in [6.07, 6.45) is 4.20. The van der Waals surface area contributed by atoms with Gasteiger partial charge in [0.25, 0.3) is 0 Å². The number of hydrogen-bond donors (Lipinski definition) is 2. The first-order valence-electron chi connectivity index (χ1n) is 6.95. The van der Waals surface area contributed by atoms with Crippen molar-refractivity contribution >= 4 is 5.69 Å². The fourth-order valence-corrected chi connectivity index (χ4v) is 3.64. The zero-order valence-electron chi connectivity index (χ0n) is 11.0. The standard InChI is InChI=1S/C15H22N2O/c1-10-6-12(3-2-11(10)9-16)17-13-4-5-14(17)8-15(18)7-13/h2-3,6,13-15,18H,4-5,7-9,16H2,1H3. The molecule has 1 aromatic carbocycles. The van der Waals surface area contributed by atoms with E-state index in [1.54, 1.807) is 0 Å². The average Bonchev–Trinajstić information content (AvgIpc) is 2.61. The smallest absolute Gasteiger partial charge is 0.0579 e. The third-order valence-electron chi connectivity index (χ3n) is 4.55. The predicted octanol–water partition coefficient (Wildman–Crippen LogP) is 1.95. The number of rotatable bonds is 2. The summed E-state index contributed by atoms with van der Waals surface area (Å²) in [5.74, 6) is 0. The van der Waals surface area contributed by atoms with Crippen LogP contribution in [-0.4, -0.2) is 23.3 Å². The first kappa shape index (κ1) is 12.0. The molecule has 0 spiro atoms. The largest absolute Gasteiger partial charge is 0.393 e. The van der Waals surface area contributed by atoms with Crippen LogP contribution in [0.2, 0.25) is 0 Å². The number of hydrogen-bond acceptors (Lipinski definition) is 3. The number of benzene rings is 1. The summed E-state index contributed by atoms with van der Waals surface area (Å²) in [7, 11) is 0. The van der Waals surface area contributed by atoms with Crippen molar-refractivity contribution in [1.82, 2.24) is 0 Å². The molecule has 2 fully saturated rings. The predicted molar refractivity (Wildman–Crippen MR) is 73.6 cm³/mol. The monoisotopic (exact) mass is 246 g/mol. The Hall–Kier alpha value is -1.06. The zero-order chi connectivity index (χ0) is 12.7. The Morgan fingerprint density at radius 3 is 2.50 bits per heavy atom. The molecule has 3 rings (SSSR count). The molecule has 2 saturated heterocycles. The maximum atomic E-state index is 9.85. The molecule has 2 atom stereocenters. The average molecular weight is 246 g/mol. The van der Waals surface area contributed by atoms with Crippen LogP contribution in [0.25, 0.3) is 0 Å². The number of nitrogens with zero attached hydrogens (tertiary/aromatic N) is 1. The second-order valence-electron chi connectivity index (χ2n) is 5.73. The summed E-state index contributed by atoms with van der Waals surface area (Å²) in [5, 5.41) is 9.85. The van der Waals surface area contributed by atoms with Crippen molar-refractivity contribution in [2.24, 2.45) is 5.73 Å².